The van der Waals surface area contributed by atoms with Crippen molar-refractivity contribution in [3.8, 4) is 11.5 Å². The minimum Gasteiger partial charge on any atom is -0.490 e. The van der Waals surface area contributed by atoms with E-state index in [1.807, 2.05) is 26.8 Å². The molecule has 0 saturated carbocycles. The maximum atomic E-state index is 11.9. The maximum Gasteiger partial charge on any atom is 0.252 e. The molecule has 1 fully saturated rings. The fourth-order valence-electron chi connectivity index (χ4n) is 3.53. The smallest absolute Gasteiger partial charge is 0.252 e. The van der Waals surface area contributed by atoms with Gasteiger partial charge in [-0.2, -0.15) is 0 Å². The van der Waals surface area contributed by atoms with E-state index in [9.17, 15) is 9.59 Å². The Bertz CT molecular complexity index is 928. The normalized spacial score (nSPS) is 16.9. The minimum absolute atomic E-state index is 0.135. The maximum absolute atomic E-state index is 11.9. The molecule has 1 aromatic heterocycles. The SMILES string of the molecule is Cc1cc(OC2CCCN(C(=O)CO)C2)c2cc(OC(C)C)c(C(N)=O)cc2n1. The lowest BCUT2D eigenvalue weighted by Gasteiger charge is -2.32. The zero-order valence-corrected chi connectivity index (χ0v) is 17.0. The molecule has 2 amide bonds. The molecule has 1 aliphatic rings. The summed E-state index contributed by atoms with van der Waals surface area (Å²) in [5, 5.41) is 9.83. The molecular formula is C21H27N3O5. The summed E-state index contributed by atoms with van der Waals surface area (Å²) in [5.41, 5.74) is 7.12. The van der Waals surface area contributed by atoms with Crippen LogP contribution in [0.25, 0.3) is 10.9 Å². The number of nitrogens with two attached hydrogens (primary N) is 1. The summed E-state index contributed by atoms with van der Waals surface area (Å²) in [7, 11) is 0. The monoisotopic (exact) mass is 401 g/mol. The van der Waals surface area contributed by atoms with Gasteiger partial charge < -0.3 is 25.2 Å². The van der Waals surface area contributed by atoms with Crippen molar-refractivity contribution in [3.63, 3.8) is 0 Å². The van der Waals surface area contributed by atoms with Gasteiger partial charge in [0.2, 0.25) is 5.91 Å². The second-order valence-corrected chi connectivity index (χ2v) is 7.54. The van der Waals surface area contributed by atoms with E-state index in [0.717, 1.165) is 18.5 Å². The first-order valence-corrected chi connectivity index (χ1v) is 9.75. The van der Waals surface area contributed by atoms with Crippen LogP contribution in [-0.2, 0) is 4.79 Å². The summed E-state index contributed by atoms with van der Waals surface area (Å²) < 4.78 is 12.0. The fraction of sp³-hybridized carbons (Fsp3) is 0.476. The van der Waals surface area contributed by atoms with Gasteiger partial charge in [0, 0.05) is 23.7 Å². The largest absolute Gasteiger partial charge is 0.490 e. The predicted octanol–water partition coefficient (Wildman–Crippen LogP) is 1.79. The van der Waals surface area contributed by atoms with Gasteiger partial charge in [0.25, 0.3) is 5.91 Å². The van der Waals surface area contributed by atoms with Crippen LogP contribution in [0.15, 0.2) is 18.2 Å². The first-order chi connectivity index (χ1) is 13.8. The van der Waals surface area contributed by atoms with Crippen LogP contribution in [0.1, 0.15) is 42.7 Å². The topological polar surface area (TPSA) is 115 Å². The number of amides is 2. The number of benzene rings is 1. The van der Waals surface area contributed by atoms with Gasteiger partial charge in [0.15, 0.2) is 0 Å². The third-order valence-electron chi connectivity index (χ3n) is 4.79. The average molecular weight is 401 g/mol. The molecule has 156 valence electrons. The summed E-state index contributed by atoms with van der Waals surface area (Å²) in [6.45, 7) is 6.11. The van der Waals surface area contributed by atoms with Crippen LogP contribution in [0.5, 0.6) is 11.5 Å². The predicted molar refractivity (Wildman–Crippen MR) is 108 cm³/mol. The van der Waals surface area contributed by atoms with Crippen LogP contribution in [-0.4, -0.2) is 58.7 Å². The number of aliphatic hydroxyl groups is 1. The molecule has 0 bridgehead atoms. The summed E-state index contributed by atoms with van der Waals surface area (Å²) >= 11 is 0. The van der Waals surface area contributed by atoms with Crippen LogP contribution in [0.3, 0.4) is 0 Å². The molecule has 3 rings (SSSR count). The molecular weight excluding hydrogens is 374 g/mol. The number of nitrogens with zero attached hydrogens (tertiary/aromatic N) is 2. The second-order valence-electron chi connectivity index (χ2n) is 7.54. The van der Waals surface area contributed by atoms with Gasteiger partial charge in [-0.1, -0.05) is 0 Å². The zero-order chi connectivity index (χ0) is 21.1. The average Bonchev–Trinajstić information content (AvgIpc) is 2.67. The van der Waals surface area contributed by atoms with Crippen molar-refractivity contribution in [1.29, 1.82) is 0 Å². The van der Waals surface area contributed by atoms with Crippen LogP contribution < -0.4 is 15.2 Å². The number of piperidine rings is 1. The number of aromatic nitrogens is 1. The third kappa shape index (κ3) is 4.76. The van der Waals surface area contributed by atoms with Crippen molar-refractivity contribution >= 4 is 22.7 Å². The second kappa shape index (κ2) is 8.65. The van der Waals surface area contributed by atoms with Gasteiger partial charge in [-0.05, 0) is 45.7 Å². The molecule has 1 aromatic carbocycles. The molecule has 2 heterocycles. The molecule has 1 aliphatic heterocycles. The summed E-state index contributed by atoms with van der Waals surface area (Å²) in [5.74, 6) is 0.114. The number of fused-ring (bicyclic) bond motifs is 1. The Morgan fingerprint density at radius 3 is 2.72 bits per heavy atom. The molecule has 1 unspecified atom stereocenters. The Hall–Kier alpha value is -2.87. The number of carbonyl (C=O) groups excluding carboxylic acids is 2. The fourth-order valence-corrected chi connectivity index (χ4v) is 3.53. The molecule has 0 spiro atoms. The first kappa shape index (κ1) is 20.9. The highest BCUT2D eigenvalue weighted by Gasteiger charge is 2.25. The molecule has 8 heteroatoms. The number of aliphatic hydroxyl groups excluding tert-OH is 1. The number of ether oxygens (including phenoxy) is 2. The van der Waals surface area contributed by atoms with Gasteiger partial charge in [0.05, 0.1) is 23.7 Å². The first-order valence-electron chi connectivity index (χ1n) is 9.75. The number of carbonyl (C=O) groups is 2. The van der Waals surface area contributed by atoms with Crippen molar-refractivity contribution < 1.29 is 24.2 Å². The molecule has 0 aliphatic carbocycles. The Kier molecular flexibility index (Phi) is 6.22. The highest BCUT2D eigenvalue weighted by molar-refractivity contribution is 6.01. The van der Waals surface area contributed by atoms with E-state index in [1.54, 1.807) is 17.0 Å². The van der Waals surface area contributed by atoms with E-state index in [0.29, 0.717) is 35.5 Å². The van der Waals surface area contributed by atoms with Crippen molar-refractivity contribution in [1.82, 2.24) is 9.88 Å². The van der Waals surface area contributed by atoms with Gasteiger partial charge in [-0.25, -0.2) is 0 Å². The zero-order valence-electron chi connectivity index (χ0n) is 17.0. The number of primary amides is 1. The molecule has 1 saturated heterocycles. The number of likely N-dealkylation sites (tertiary alicyclic amines) is 1. The van der Waals surface area contributed by atoms with Crippen molar-refractivity contribution in [2.45, 2.75) is 45.8 Å². The van der Waals surface area contributed by atoms with Crippen molar-refractivity contribution in [3.05, 3.63) is 29.5 Å². The molecule has 29 heavy (non-hydrogen) atoms. The quantitative estimate of drug-likeness (QED) is 0.763. The lowest BCUT2D eigenvalue weighted by Crippen LogP contribution is -2.45. The van der Waals surface area contributed by atoms with E-state index >= 15 is 0 Å². The van der Waals surface area contributed by atoms with Gasteiger partial charge >= 0.3 is 0 Å². The van der Waals surface area contributed by atoms with E-state index in [2.05, 4.69) is 4.98 Å². The van der Waals surface area contributed by atoms with Crippen molar-refractivity contribution in [2.75, 3.05) is 19.7 Å². The molecule has 1 atom stereocenters. The Morgan fingerprint density at radius 1 is 1.31 bits per heavy atom. The minimum atomic E-state index is -0.584. The number of pyridine rings is 1. The van der Waals surface area contributed by atoms with Crippen LogP contribution in [0, 0.1) is 6.92 Å². The van der Waals surface area contributed by atoms with E-state index in [4.69, 9.17) is 20.3 Å². The summed E-state index contributed by atoms with van der Waals surface area (Å²) in [6.07, 6.45) is 1.26. The highest BCUT2D eigenvalue weighted by atomic mass is 16.5. The number of aryl methyl sites for hydroxylation is 1. The Labute approximate surface area is 169 Å². The van der Waals surface area contributed by atoms with E-state index in [-0.39, 0.29) is 23.7 Å². The van der Waals surface area contributed by atoms with E-state index < -0.39 is 12.5 Å². The van der Waals surface area contributed by atoms with E-state index in [1.165, 1.54) is 0 Å². The lowest BCUT2D eigenvalue weighted by molar-refractivity contribution is -0.136. The number of hydrogen-bond donors (Lipinski definition) is 2. The molecule has 8 nitrogen and oxygen atoms in total. The standard InChI is InChI=1S/C21H27N3O5/c1-12(2)28-19-9-15-17(8-16(19)21(22)27)23-13(3)7-18(15)29-14-5-4-6-24(10-14)20(26)11-25/h7-9,12,14,25H,4-6,10-11H2,1-3H3,(H2,22,27). The van der Waals surface area contributed by atoms with Crippen LogP contribution in [0.2, 0.25) is 0 Å². The number of hydrogen-bond acceptors (Lipinski definition) is 6. The van der Waals surface area contributed by atoms with Gasteiger partial charge in [-0.15, -0.1) is 0 Å². The van der Waals surface area contributed by atoms with Crippen LogP contribution in [0.4, 0.5) is 0 Å². The molecule has 3 N–H and O–H groups in total. The van der Waals surface area contributed by atoms with Crippen LogP contribution >= 0.6 is 0 Å². The molecule has 2 aromatic rings. The molecule has 0 radical (unpaired) electrons. The lowest BCUT2D eigenvalue weighted by atomic mass is 10.1. The third-order valence-corrected chi connectivity index (χ3v) is 4.79. The highest BCUT2D eigenvalue weighted by Crippen LogP contribution is 2.33. The summed E-state index contributed by atoms with van der Waals surface area (Å²) in [4.78, 5) is 29.8. The van der Waals surface area contributed by atoms with Gasteiger partial charge in [-0.3, -0.25) is 14.6 Å². The van der Waals surface area contributed by atoms with Gasteiger partial charge in [0.1, 0.15) is 24.2 Å². The van der Waals surface area contributed by atoms with Crippen molar-refractivity contribution in [2.24, 2.45) is 5.73 Å². The number of rotatable bonds is 6. The Morgan fingerprint density at radius 2 is 2.07 bits per heavy atom. The summed E-state index contributed by atoms with van der Waals surface area (Å²) in [6, 6.07) is 5.19. The Balaban J connectivity index is 1.98.